The molecule has 0 spiro atoms. The number of carbonyl (C=O) groups is 1. The molecule has 0 aromatic heterocycles. The van der Waals surface area contributed by atoms with Crippen molar-refractivity contribution in [2.45, 2.75) is 19.6 Å². The second kappa shape index (κ2) is 6.22. The molecule has 0 fully saturated rings. The summed E-state index contributed by atoms with van der Waals surface area (Å²) >= 11 is 0. The van der Waals surface area contributed by atoms with Crippen molar-refractivity contribution < 1.29 is 18.0 Å². The van der Waals surface area contributed by atoms with Crippen LogP contribution in [0.2, 0.25) is 0 Å². The van der Waals surface area contributed by atoms with Crippen LogP contribution in [-0.2, 0) is 12.7 Å². The first-order valence-corrected chi connectivity index (χ1v) is 6.76. The summed E-state index contributed by atoms with van der Waals surface area (Å²) in [4.78, 5) is 13.8. The number of benzene rings is 2. The molecule has 5 heteroatoms. The zero-order chi connectivity index (χ0) is 16.3. The molecule has 0 radical (unpaired) electrons. The molecule has 0 unspecified atom stereocenters. The van der Waals surface area contributed by atoms with E-state index in [2.05, 4.69) is 0 Å². The van der Waals surface area contributed by atoms with Crippen LogP contribution in [0.3, 0.4) is 0 Å². The predicted molar refractivity (Wildman–Crippen MR) is 78.4 cm³/mol. The van der Waals surface area contributed by atoms with Gasteiger partial charge in [-0.25, -0.2) is 0 Å². The average molecular weight is 307 g/mol. The molecule has 116 valence electrons. The van der Waals surface area contributed by atoms with E-state index in [9.17, 15) is 18.0 Å². The van der Waals surface area contributed by atoms with E-state index in [0.29, 0.717) is 11.1 Å². The van der Waals surface area contributed by atoms with Crippen LogP contribution in [0.15, 0.2) is 48.5 Å². The number of halogens is 3. The summed E-state index contributed by atoms with van der Waals surface area (Å²) in [5.41, 5.74) is 1.42. The Hall–Kier alpha value is -2.30. The summed E-state index contributed by atoms with van der Waals surface area (Å²) in [5, 5.41) is 0. The Labute approximate surface area is 127 Å². The van der Waals surface area contributed by atoms with Crippen LogP contribution in [0, 0.1) is 6.92 Å². The second-order valence-corrected chi connectivity index (χ2v) is 5.17. The minimum atomic E-state index is -4.35. The molecule has 0 saturated carbocycles. The van der Waals surface area contributed by atoms with Crippen LogP contribution in [0.1, 0.15) is 27.0 Å². The summed E-state index contributed by atoms with van der Waals surface area (Å²) in [6.45, 7) is 2.10. The third-order valence-electron chi connectivity index (χ3n) is 3.42. The summed E-state index contributed by atoms with van der Waals surface area (Å²) in [5.74, 6) is -0.155. The Balaban J connectivity index is 2.10. The quantitative estimate of drug-likeness (QED) is 0.828. The molecule has 2 aromatic rings. The third kappa shape index (κ3) is 3.67. The van der Waals surface area contributed by atoms with E-state index < -0.39 is 11.7 Å². The van der Waals surface area contributed by atoms with Crippen molar-refractivity contribution in [1.29, 1.82) is 0 Å². The van der Waals surface area contributed by atoms with Gasteiger partial charge in [-0.15, -0.1) is 0 Å². The predicted octanol–water partition coefficient (Wildman–Crippen LogP) is 4.29. The first kappa shape index (κ1) is 16.1. The lowest BCUT2D eigenvalue weighted by molar-refractivity contribution is -0.137. The summed E-state index contributed by atoms with van der Waals surface area (Å²) in [6.07, 6.45) is -4.35. The van der Waals surface area contributed by atoms with Crippen molar-refractivity contribution in [3.8, 4) is 0 Å². The van der Waals surface area contributed by atoms with E-state index >= 15 is 0 Å². The number of rotatable bonds is 3. The molecule has 1 amide bonds. The molecule has 0 aliphatic rings. The number of amides is 1. The maximum absolute atomic E-state index is 12.5. The van der Waals surface area contributed by atoms with Crippen molar-refractivity contribution in [2.75, 3.05) is 7.05 Å². The molecule has 0 saturated heterocycles. The van der Waals surface area contributed by atoms with Gasteiger partial charge in [0.1, 0.15) is 0 Å². The highest BCUT2D eigenvalue weighted by Gasteiger charge is 2.30. The highest BCUT2D eigenvalue weighted by molar-refractivity contribution is 5.95. The average Bonchev–Trinajstić information content (AvgIpc) is 2.46. The van der Waals surface area contributed by atoms with Gasteiger partial charge in [-0.1, -0.05) is 30.3 Å². The van der Waals surface area contributed by atoms with Gasteiger partial charge < -0.3 is 4.90 Å². The minimum absolute atomic E-state index is 0.155. The highest BCUT2D eigenvalue weighted by atomic mass is 19.4. The second-order valence-electron chi connectivity index (χ2n) is 5.17. The molecule has 2 nitrogen and oxygen atoms in total. The van der Waals surface area contributed by atoms with Crippen LogP contribution in [0.5, 0.6) is 0 Å². The number of alkyl halides is 3. The first-order valence-electron chi connectivity index (χ1n) is 6.76. The Kier molecular flexibility index (Phi) is 4.54. The Morgan fingerprint density at radius 2 is 1.64 bits per heavy atom. The van der Waals surface area contributed by atoms with Crippen LogP contribution >= 0.6 is 0 Å². The number of hydrogen-bond donors (Lipinski definition) is 0. The lowest BCUT2D eigenvalue weighted by atomic mass is 10.1. The Morgan fingerprint density at radius 1 is 1.05 bits per heavy atom. The van der Waals surface area contributed by atoms with Gasteiger partial charge in [0.05, 0.1) is 5.56 Å². The van der Waals surface area contributed by atoms with Crippen molar-refractivity contribution in [3.05, 3.63) is 70.8 Å². The molecule has 0 bridgehead atoms. The third-order valence-corrected chi connectivity index (χ3v) is 3.42. The maximum Gasteiger partial charge on any atom is 0.416 e. The van der Waals surface area contributed by atoms with Crippen molar-refractivity contribution in [3.63, 3.8) is 0 Å². The van der Waals surface area contributed by atoms with E-state index in [1.165, 1.54) is 17.0 Å². The topological polar surface area (TPSA) is 20.3 Å². The standard InChI is InChI=1S/C17H16F3NO/c1-12-5-3-4-6-15(12)16(22)21(2)11-13-7-9-14(10-8-13)17(18,19)20/h3-10H,11H2,1-2H3. The number of hydrogen-bond acceptors (Lipinski definition) is 1. The van der Waals surface area contributed by atoms with E-state index in [1.807, 2.05) is 19.1 Å². The smallest absolute Gasteiger partial charge is 0.337 e. The van der Waals surface area contributed by atoms with E-state index in [0.717, 1.165) is 17.7 Å². The number of carbonyl (C=O) groups excluding carboxylic acids is 1. The monoisotopic (exact) mass is 307 g/mol. The fourth-order valence-corrected chi connectivity index (χ4v) is 2.16. The van der Waals surface area contributed by atoms with Crippen molar-refractivity contribution in [2.24, 2.45) is 0 Å². The van der Waals surface area contributed by atoms with Crippen LogP contribution in [0.4, 0.5) is 13.2 Å². The fraction of sp³-hybridized carbons (Fsp3) is 0.235. The summed E-state index contributed by atoms with van der Waals surface area (Å²) in [6, 6.07) is 12.1. The van der Waals surface area contributed by atoms with Crippen molar-refractivity contribution in [1.82, 2.24) is 4.90 Å². The largest absolute Gasteiger partial charge is 0.416 e. The van der Waals surface area contributed by atoms with Crippen LogP contribution < -0.4 is 0 Å². The van der Waals surface area contributed by atoms with Gasteiger partial charge in [0.2, 0.25) is 0 Å². The van der Waals surface area contributed by atoms with Crippen LogP contribution in [-0.4, -0.2) is 17.9 Å². The van der Waals surface area contributed by atoms with E-state index in [-0.39, 0.29) is 12.5 Å². The number of nitrogens with zero attached hydrogens (tertiary/aromatic N) is 1. The molecule has 2 rings (SSSR count). The van der Waals surface area contributed by atoms with Gasteiger partial charge in [-0.05, 0) is 36.2 Å². The van der Waals surface area contributed by atoms with Gasteiger partial charge in [0, 0.05) is 19.2 Å². The molecular formula is C17H16F3NO. The molecular weight excluding hydrogens is 291 g/mol. The summed E-state index contributed by atoms with van der Waals surface area (Å²) < 4.78 is 37.5. The van der Waals surface area contributed by atoms with Gasteiger partial charge in [-0.3, -0.25) is 4.79 Å². The SMILES string of the molecule is Cc1ccccc1C(=O)N(C)Cc1ccc(C(F)(F)F)cc1. The van der Waals surface area contributed by atoms with Gasteiger partial charge >= 0.3 is 6.18 Å². The Bertz CT molecular complexity index is 662. The van der Waals surface area contributed by atoms with Gasteiger partial charge in [0.25, 0.3) is 5.91 Å². The molecule has 0 aliphatic heterocycles. The number of aryl methyl sites for hydroxylation is 1. The molecule has 22 heavy (non-hydrogen) atoms. The normalized spacial score (nSPS) is 11.3. The Morgan fingerprint density at radius 3 is 2.18 bits per heavy atom. The molecule has 0 atom stereocenters. The molecule has 2 aromatic carbocycles. The highest BCUT2D eigenvalue weighted by Crippen LogP contribution is 2.29. The lowest BCUT2D eigenvalue weighted by Crippen LogP contribution is -2.26. The molecule has 0 N–H and O–H groups in total. The van der Waals surface area contributed by atoms with E-state index in [4.69, 9.17) is 0 Å². The van der Waals surface area contributed by atoms with E-state index in [1.54, 1.807) is 19.2 Å². The van der Waals surface area contributed by atoms with Crippen molar-refractivity contribution >= 4 is 5.91 Å². The zero-order valence-electron chi connectivity index (χ0n) is 12.3. The molecule has 0 heterocycles. The fourth-order valence-electron chi connectivity index (χ4n) is 2.16. The van der Waals surface area contributed by atoms with Crippen LogP contribution in [0.25, 0.3) is 0 Å². The zero-order valence-corrected chi connectivity index (χ0v) is 12.3. The maximum atomic E-state index is 12.5. The summed E-state index contributed by atoms with van der Waals surface area (Å²) in [7, 11) is 1.63. The minimum Gasteiger partial charge on any atom is -0.337 e. The van der Waals surface area contributed by atoms with Gasteiger partial charge in [-0.2, -0.15) is 13.2 Å². The lowest BCUT2D eigenvalue weighted by Gasteiger charge is -2.19. The molecule has 0 aliphatic carbocycles. The van der Waals surface area contributed by atoms with Gasteiger partial charge in [0.15, 0.2) is 0 Å². The first-order chi connectivity index (χ1) is 10.3.